The number of para-hydroxylation sites is 1. The summed E-state index contributed by atoms with van der Waals surface area (Å²) in [5.74, 6) is -5.68. The predicted molar refractivity (Wildman–Crippen MR) is 137 cm³/mol. The molecule has 11 nitrogen and oxygen atoms in total. The van der Waals surface area contributed by atoms with E-state index in [0.29, 0.717) is 11.1 Å². The maximum Gasteiger partial charge on any atom is 0.325 e. The zero-order valence-corrected chi connectivity index (χ0v) is 20.6. The van der Waals surface area contributed by atoms with E-state index in [9.17, 15) is 39.5 Å². The zero-order valence-electron chi connectivity index (χ0n) is 20.6. The molecule has 2 aliphatic rings. The average molecular weight is 530 g/mol. The van der Waals surface area contributed by atoms with Crippen molar-refractivity contribution in [2.75, 3.05) is 4.90 Å². The number of carboxylic acids is 1. The molecule has 4 atom stereocenters. The van der Waals surface area contributed by atoms with E-state index in [1.54, 1.807) is 18.2 Å². The van der Waals surface area contributed by atoms with Gasteiger partial charge in [-0.3, -0.25) is 34.6 Å². The first-order chi connectivity index (χ1) is 18.5. The minimum atomic E-state index is -1.98. The number of imide groups is 1. The standard InChI is InChI=1S/C28H23N3O8/c1-15(32)17-8-12-18(13-9-17)30-25(34)22-23(26(30)35)28(27(36)37,14-16-6-10-19(11-7-16)31(38)39)29-24(22)20-4-2-3-5-21(20)33/h2-13,22-24,29,33H,14H2,1H3,(H,36,37). The van der Waals surface area contributed by atoms with E-state index in [0.717, 1.165) is 4.90 Å². The Morgan fingerprint density at radius 1 is 1.00 bits per heavy atom. The number of nitro groups is 1. The van der Waals surface area contributed by atoms with E-state index in [-0.39, 0.29) is 34.9 Å². The molecule has 0 aliphatic carbocycles. The van der Waals surface area contributed by atoms with Crippen molar-refractivity contribution >= 4 is 34.9 Å². The number of carboxylic acid groups (broad SMARTS) is 1. The molecule has 198 valence electrons. The van der Waals surface area contributed by atoms with Crippen LogP contribution in [0.25, 0.3) is 0 Å². The SMILES string of the molecule is CC(=O)c1ccc(N2C(=O)C3C(c4ccccc4O)NC(Cc4ccc([N+](=O)[O-])cc4)(C(=O)O)C3C2=O)cc1. The molecule has 0 spiro atoms. The number of nitrogens with one attached hydrogen (secondary N) is 1. The summed E-state index contributed by atoms with van der Waals surface area (Å²) in [6.07, 6.45) is -0.262. The molecule has 0 saturated carbocycles. The maximum absolute atomic E-state index is 13.9. The van der Waals surface area contributed by atoms with Crippen LogP contribution in [-0.4, -0.2) is 44.2 Å². The van der Waals surface area contributed by atoms with Crippen molar-refractivity contribution in [3.05, 3.63) is 99.6 Å². The van der Waals surface area contributed by atoms with Crippen molar-refractivity contribution in [1.82, 2.24) is 5.32 Å². The fourth-order valence-corrected chi connectivity index (χ4v) is 5.61. The normalized spacial score (nSPS) is 24.0. The molecule has 2 heterocycles. The van der Waals surface area contributed by atoms with Crippen LogP contribution in [0.15, 0.2) is 72.8 Å². The Kier molecular flexibility index (Phi) is 6.23. The number of carbonyl (C=O) groups excluding carboxylic acids is 3. The average Bonchev–Trinajstić information content (AvgIpc) is 3.38. The first-order valence-corrected chi connectivity index (χ1v) is 12.1. The van der Waals surface area contributed by atoms with Gasteiger partial charge in [-0.05, 0) is 42.8 Å². The van der Waals surface area contributed by atoms with Crippen molar-refractivity contribution in [3.8, 4) is 5.75 Å². The lowest BCUT2D eigenvalue weighted by Crippen LogP contribution is -2.57. The topological polar surface area (TPSA) is 167 Å². The summed E-state index contributed by atoms with van der Waals surface area (Å²) in [6.45, 7) is 1.38. The summed E-state index contributed by atoms with van der Waals surface area (Å²) in [7, 11) is 0. The van der Waals surface area contributed by atoms with Crippen LogP contribution in [0.1, 0.15) is 34.5 Å². The van der Waals surface area contributed by atoms with E-state index >= 15 is 0 Å². The Bertz CT molecular complexity index is 1520. The van der Waals surface area contributed by atoms with Gasteiger partial charge in [-0.25, -0.2) is 4.90 Å². The van der Waals surface area contributed by atoms with Crippen molar-refractivity contribution < 1.29 is 34.3 Å². The number of ketones is 1. The van der Waals surface area contributed by atoms with Crippen LogP contribution >= 0.6 is 0 Å². The van der Waals surface area contributed by atoms with Gasteiger partial charge in [-0.2, -0.15) is 0 Å². The number of rotatable bonds is 7. The second-order valence-corrected chi connectivity index (χ2v) is 9.68. The van der Waals surface area contributed by atoms with Gasteiger partial charge in [0.25, 0.3) is 5.69 Å². The van der Waals surface area contributed by atoms with Crippen LogP contribution in [0, 0.1) is 22.0 Å². The number of phenolic OH excluding ortho intramolecular Hbond substituents is 1. The summed E-state index contributed by atoms with van der Waals surface area (Å²) in [6, 6.07) is 16.3. The van der Waals surface area contributed by atoms with Gasteiger partial charge in [0.2, 0.25) is 11.8 Å². The highest BCUT2D eigenvalue weighted by molar-refractivity contribution is 6.24. The number of aliphatic carboxylic acids is 1. The molecule has 39 heavy (non-hydrogen) atoms. The Labute approximate surface area is 221 Å². The number of carbonyl (C=O) groups is 4. The van der Waals surface area contributed by atoms with Gasteiger partial charge >= 0.3 is 5.97 Å². The van der Waals surface area contributed by atoms with Gasteiger partial charge in [-0.1, -0.05) is 30.3 Å². The van der Waals surface area contributed by atoms with Crippen LogP contribution < -0.4 is 10.2 Å². The molecule has 3 N–H and O–H groups in total. The predicted octanol–water partition coefficient (Wildman–Crippen LogP) is 3.02. The fraction of sp³-hybridized carbons (Fsp3) is 0.214. The van der Waals surface area contributed by atoms with E-state index < -0.39 is 46.1 Å². The molecule has 0 radical (unpaired) electrons. The van der Waals surface area contributed by atoms with E-state index in [1.165, 1.54) is 61.5 Å². The number of Topliss-reactive ketones (excluding diaryl/α,β-unsaturated/α-hetero) is 1. The Morgan fingerprint density at radius 2 is 1.64 bits per heavy atom. The molecule has 4 unspecified atom stereocenters. The second-order valence-electron chi connectivity index (χ2n) is 9.68. The molecule has 11 heteroatoms. The first kappa shape index (κ1) is 25.7. The highest BCUT2D eigenvalue weighted by Crippen LogP contribution is 2.52. The van der Waals surface area contributed by atoms with Gasteiger partial charge in [0.05, 0.1) is 22.4 Å². The van der Waals surface area contributed by atoms with Crippen molar-refractivity contribution in [2.24, 2.45) is 11.8 Å². The van der Waals surface area contributed by atoms with Gasteiger partial charge in [0, 0.05) is 35.7 Å². The van der Waals surface area contributed by atoms with E-state index in [4.69, 9.17) is 0 Å². The van der Waals surface area contributed by atoms with Gasteiger partial charge in [0.15, 0.2) is 5.78 Å². The zero-order chi connectivity index (χ0) is 28.1. The third-order valence-corrected chi connectivity index (χ3v) is 7.47. The molecule has 5 rings (SSSR count). The second kappa shape index (κ2) is 9.44. The van der Waals surface area contributed by atoms with Crippen LogP contribution in [-0.2, 0) is 20.8 Å². The minimum absolute atomic E-state index is 0.171. The summed E-state index contributed by atoms with van der Waals surface area (Å²) >= 11 is 0. The van der Waals surface area contributed by atoms with Gasteiger partial charge in [-0.15, -0.1) is 0 Å². The summed E-state index contributed by atoms with van der Waals surface area (Å²) < 4.78 is 0. The van der Waals surface area contributed by atoms with Crippen molar-refractivity contribution in [2.45, 2.75) is 24.9 Å². The summed E-state index contributed by atoms with van der Waals surface area (Å²) in [5, 5.41) is 35.2. The number of benzene rings is 3. The van der Waals surface area contributed by atoms with Crippen molar-refractivity contribution in [1.29, 1.82) is 0 Å². The number of hydrogen-bond acceptors (Lipinski definition) is 8. The van der Waals surface area contributed by atoms with Gasteiger partial charge < -0.3 is 10.2 Å². The minimum Gasteiger partial charge on any atom is -0.508 e. The number of anilines is 1. The molecular weight excluding hydrogens is 506 g/mol. The molecular formula is C28H23N3O8. The molecule has 3 aromatic carbocycles. The van der Waals surface area contributed by atoms with Crippen LogP contribution in [0.3, 0.4) is 0 Å². The summed E-state index contributed by atoms with van der Waals surface area (Å²) in [5.41, 5.74) is -0.931. The number of amides is 2. The summed E-state index contributed by atoms with van der Waals surface area (Å²) in [4.78, 5) is 63.9. The highest BCUT2D eigenvalue weighted by atomic mass is 16.6. The number of nitrogens with zero attached hydrogens (tertiary/aromatic N) is 2. The van der Waals surface area contributed by atoms with Gasteiger partial charge in [0.1, 0.15) is 11.3 Å². The van der Waals surface area contributed by atoms with Crippen molar-refractivity contribution in [3.63, 3.8) is 0 Å². The van der Waals surface area contributed by atoms with E-state index in [1.807, 2.05) is 0 Å². The van der Waals surface area contributed by atoms with Crippen LogP contribution in [0.5, 0.6) is 5.75 Å². The Hall–Kier alpha value is -4.90. The maximum atomic E-state index is 13.9. The first-order valence-electron chi connectivity index (χ1n) is 12.1. The molecule has 3 aromatic rings. The molecule has 0 aromatic heterocycles. The Balaban J connectivity index is 1.63. The number of nitro benzene ring substituents is 1. The molecule has 2 aliphatic heterocycles. The Morgan fingerprint density at radius 3 is 2.21 bits per heavy atom. The third kappa shape index (κ3) is 4.12. The largest absolute Gasteiger partial charge is 0.508 e. The lowest BCUT2D eigenvalue weighted by Gasteiger charge is -2.31. The molecule has 2 fully saturated rings. The molecule has 2 saturated heterocycles. The molecule has 0 bridgehead atoms. The highest BCUT2D eigenvalue weighted by Gasteiger charge is 2.68. The fourth-order valence-electron chi connectivity index (χ4n) is 5.61. The number of hydrogen-bond donors (Lipinski definition) is 3. The van der Waals surface area contributed by atoms with Crippen LogP contribution in [0.4, 0.5) is 11.4 Å². The lowest BCUT2D eigenvalue weighted by atomic mass is 9.76. The smallest absolute Gasteiger partial charge is 0.325 e. The monoisotopic (exact) mass is 529 g/mol. The van der Waals surface area contributed by atoms with E-state index in [2.05, 4.69) is 5.32 Å². The lowest BCUT2D eigenvalue weighted by molar-refractivity contribution is -0.384. The quantitative estimate of drug-likeness (QED) is 0.180. The van der Waals surface area contributed by atoms with Crippen LogP contribution in [0.2, 0.25) is 0 Å². The number of non-ortho nitro benzene ring substituents is 1. The number of aromatic hydroxyl groups is 1. The third-order valence-electron chi connectivity index (χ3n) is 7.47. The number of phenols is 1. The molecule has 2 amide bonds. The number of fused-ring (bicyclic) bond motifs is 1.